The molecule has 0 aliphatic heterocycles. The summed E-state index contributed by atoms with van der Waals surface area (Å²) < 4.78 is 1.79. The third-order valence-electron chi connectivity index (χ3n) is 4.36. The zero-order chi connectivity index (χ0) is 19.9. The van der Waals surface area contributed by atoms with Crippen LogP contribution in [0.1, 0.15) is 28.9 Å². The molecule has 0 atom stereocenters. The summed E-state index contributed by atoms with van der Waals surface area (Å²) in [4.78, 5) is 20.5. The first-order valence-corrected chi connectivity index (χ1v) is 9.43. The maximum atomic E-state index is 12.0. The normalized spacial score (nSPS) is 10.7. The van der Waals surface area contributed by atoms with Gasteiger partial charge in [-0.25, -0.2) is 14.6 Å². The highest BCUT2D eigenvalue weighted by Gasteiger charge is 2.07. The second-order valence-corrected chi connectivity index (χ2v) is 6.87. The molecule has 0 aliphatic rings. The lowest BCUT2D eigenvalue weighted by molar-refractivity contribution is -0.120. The largest absolute Gasteiger partial charge is 0.368 e. The highest BCUT2D eigenvalue weighted by Crippen LogP contribution is 2.12. The van der Waals surface area contributed by atoms with Crippen molar-refractivity contribution >= 4 is 11.7 Å². The van der Waals surface area contributed by atoms with Crippen molar-refractivity contribution < 1.29 is 4.79 Å². The van der Waals surface area contributed by atoms with Crippen LogP contribution in [0.5, 0.6) is 0 Å². The van der Waals surface area contributed by atoms with E-state index in [2.05, 4.69) is 50.8 Å². The number of nitrogens with one attached hydrogen (secondary N) is 2. The SMILES string of the molecule is Cc1cccc(CCC(=O)NCCNc2cc(-n3nc(C)cc3C)ncn2)c1. The molecule has 3 rings (SSSR count). The molecule has 0 aliphatic carbocycles. The van der Waals surface area contributed by atoms with E-state index in [9.17, 15) is 4.79 Å². The van der Waals surface area contributed by atoms with Gasteiger partial charge in [0, 0.05) is 31.3 Å². The van der Waals surface area contributed by atoms with E-state index in [0.29, 0.717) is 31.1 Å². The summed E-state index contributed by atoms with van der Waals surface area (Å²) in [5.41, 5.74) is 4.36. The van der Waals surface area contributed by atoms with Crippen LogP contribution < -0.4 is 10.6 Å². The number of nitrogens with zero attached hydrogens (tertiary/aromatic N) is 4. The molecule has 1 aromatic carbocycles. The van der Waals surface area contributed by atoms with Crippen LogP contribution >= 0.6 is 0 Å². The average Bonchev–Trinajstić information content (AvgIpc) is 3.02. The van der Waals surface area contributed by atoms with Gasteiger partial charge in [0.2, 0.25) is 5.91 Å². The van der Waals surface area contributed by atoms with Crippen molar-refractivity contribution in [2.24, 2.45) is 0 Å². The number of hydrogen-bond acceptors (Lipinski definition) is 5. The Hall–Kier alpha value is -3.22. The Kier molecular flexibility index (Phi) is 6.37. The molecule has 0 bridgehead atoms. The standard InChI is InChI=1S/C21H26N6O/c1-15-5-4-6-18(11-15)7-8-21(28)23-10-9-22-19-13-20(25-14-24-19)27-17(3)12-16(2)26-27/h4-6,11-14H,7-10H2,1-3H3,(H,23,28)(H,22,24,25). The fourth-order valence-electron chi connectivity index (χ4n) is 3.03. The highest BCUT2D eigenvalue weighted by molar-refractivity contribution is 5.76. The molecule has 2 heterocycles. The number of anilines is 1. The van der Waals surface area contributed by atoms with Crippen LogP contribution in [-0.4, -0.2) is 38.7 Å². The third kappa shape index (κ3) is 5.39. The second-order valence-electron chi connectivity index (χ2n) is 6.87. The number of carbonyl (C=O) groups excluding carboxylic acids is 1. The zero-order valence-electron chi connectivity index (χ0n) is 16.6. The van der Waals surface area contributed by atoms with Gasteiger partial charge < -0.3 is 10.6 Å². The van der Waals surface area contributed by atoms with E-state index in [1.54, 1.807) is 4.68 Å². The van der Waals surface area contributed by atoms with Gasteiger partial charge in [0.15, 0.2) is 5.82 Å². The first kappa shape index (κ1) is 19.5. The molecule has 0 unspecified atom stereocenters. The van der Waals surface area contributed by atoms with Crippen LogP contribution in [0.3, 0.4) is 0 Å². The van der Waals surface area contributed by atoms with E-state index in [4.69, 9.17) is 0 Å². The van der Waals surface area contributed by atoms with Crippen LogP contribution in [0.4, 0.5) is 5.82 Å². The molecule has 3 aromatic rings. The van der Waals surface area contributed by atoms with Crippen LogP contribution in [-0.2, 0) is 11.2 Å². The molecule has 0 saturated carbocycles. The van der Waals surface area contributed by atoms with E-state index in [1.165, 1.54) is 17.5 Å². The van der Waals surface area contributed by atoms with Crippen molar-refractivity contribution in [2.45, 2.75) is 33.6 Å². The zero-order valence-corrected chi connectivity index (χ0v) is 16.6. The number of aromatic nitrogens is 4. The number of amides is 1. The molecule has 0 fully saturated rings. The first-order valence-electron chi connectivity index (χ1n) is 9.43. The summed E-state index contributed by atoms with van der Waals surface area (Å²) in [7, 11) is 0. The summed E-state index contributed by atoms with van der Waals surface area (Å²) in [5.74, 6) is 1.46. The minimum atomic E-state index is 0.0503. The minimum absolute atomic E-state index is 0.0503. The molecule has 7 heteroatoms. The molecule has 0 spiro atoms. The molecule has 1 amide bonds. The van der Waals surface area contributed by atoms with Crippen molar-refractivity contribution in [3.63, 3.8) is 0 Å². The summed E-state index contributed by atoms with van der Waals surface area (Å²) >= 11 is 0. The number of aryl methyl sites for hydroxylation is 4. The van der Waals surface area contributed by atoms with Crippen molar-refractivity contribution in [1.82, 2.24) is 25.1 Å². The molecular formula is C21H26N6O. The number of carbonyl (C=O) groups is 1. The van der Waals surface area contributed by atoms with Crippen molar-refractivity contribution in [3.8, 4) is 5.82 Å². The summed E-state index contributed by atoms with van der Waals surface area (Å²) in [6.45, 7) is 7.12. The predicted molar refractivity (Wildman–Crippen MR) is 110 cm³/mol. The Morgan fingerprint density at radius 2 is 1.93 bits per heavy atom. The predicted octanol–water partition coefficient (Wildman–Crippen LogP) is 2.75. The van der Waals surface area contributed by atoms with E-state index in [1.807, 2.05) is 32.0 Å². The van der Waals surface area contributed by atoms with Gasteiger partial charge >= 0.3 is 0 Å². The van der Waals surface area contributed by atoms with Gasteiger partial charge in [-0.1, -0.05) is 29.8 Å². The second kappa shape index (κ2) is 9.12. The van der Waals surface area contributed by atoms with Crippen LogP contribution in [0.2, 0.25) is 0 Å². The molecule has 0 saturated heterocycles. The first-order chi connectivity index (χ1) is 13.5. The van der Waals surface area contributed by atoms with E-state index < -0.39 is 0 Å². The molecular weight excluding hydrogens is 352 g/mol. The Balaban J connectivity index is 1.43. The van der Waals surface area contributed by atoms with Gasteiger partial charge in [0.1, 0.15) is 12.1 Å². The molecule has 2 aromatic heterocycles. The van der Waals surface area contributed by atoms with Crippen LogP contribution in [0.15, 0.2) is 42.7 Å². The van der Waals surface area contributed by atoms with E-state index in [0.717, 1.165) is 17.8 Å². The lowest BCUT2D eigenvalue weighted by atomic mass is 10.1. The van der Waals surface area contributed by atoms with Crippen molar-refractivity contribution in [2.75, 3.05) is 18.4 Å². The highest BCUT2D eigenvalue weighted by atomic mass is 16.1. The average molecular weight is 378 g/mol. The topological polar surface area (TPSA) is 84.7 Å². The van der Waals surface area contributed by atoms with E-state index >= 15 is 0 Å². The summed E-state index contributed by atoms with van der Waals surface area (Å²) in [6.07, 6.45) is 2.74. The number of benzene rings is 1. The molecule has 28 heavy (non-hydrogen) atoms. The minimum Gasteiger partial charge on any atom is -0.368 e. The molecule has 0 radical (unpaired) electrons. The molecule has 146 valence electrons. The maximum absolute atomic E-state index is 12.0. The monoisotopic (exact) mass is 378 g/mol. The smallest absolute Gasteiger partial charge is 0.220 e. The lowest BCUT2D eigenvalue weighted by Gasteiger charge is -2.09. The maximum Gasteiger partial charge on any atom is 0.220 e. The molecule has 2 N–H and O–H groups in total. The van der Waals surface area contributed by atoms with Gasteiger partial charge in [-0.3, -0.25) is 4.79 Å². The van der Waals surface area contributed by atoms with Gasteiger partial charge in [-0.05, 0) is 38.8 Å². The van der Waals surface area contributed by atoms with Gasteiger partial charge in [0.25, 0.3) is 0 Å². The van der Waals surface area contributed by atoms with E-state index in [-0.39, 0.29) is 5.91 Å². The van der Waals surface area contributed by atoms with Gasteiger partial charge in [-0.2, -0.15) is 5.10 Å². The van der Waals surface area contributed by atoms with Gasteiger partial charge in [-0.15, -0.1) is 0 Å². The summed E-state index contributed by atoms with van der Waals surface area (Å²) in [6, 6.07) is 12.1. The fraction of sp³-hybridized carbons (Fsp3) is 0.333. The van der Waals surface area contributed by atoms with Crippen LogP contribution in [0, 0.1) is 20.8 Å². The van der Waals surface area contributed by atoms with Gasteiger partial charge in [0.05, 0.1) is 5.69 Å². The summed E-state index contributed by atoms with van der Waals surface area (Å²) in [5, 5.41) is 10.6. The Morgan fingerprint density at radius 3 is 2.68 bits per heavy atom. The quantitative estimate of drug-likeness (QED) is 0.589. The molecule has 7 nitrogen and oxygen atoms in total. The Labute approximate surface area is 165 Å². The lowest BCUT2D eigenvalue weighted by Crippen LogP contribution is -2.29. The number of rotatable bonds is 8. The fourth-order valence-corrected chi connectivity index (χ4v) is 3.03. The third-order valence-corrected chi connectivity index (χ3v) is 4.36. The Bertz CT molecular complexity index is 950. The van der Waals surface area contributed by atoms with Crippen molar-refractivity contribution in [1.29, 1.82) is 0 Å². The Morgan fingerprint density at radius 1 is 1.07 bits per heavy atom. The van der Waals surface area contributed by atoms with Crippen molar-refractivity contribution in [3.05, 3.63) is 65.2 Å². The van der Waals surface area contributed by atoms with Crippen LogP contribution in [0.25, 0.3) is 5.82 Å². The number of hydrogen-bond donors (Lipinski definition) is 2.